The molecule has 2 saturated heterocycles. The molecule has 9 nitrogen and oxygen atoms in total. The van der Waals surface area contributed by atoms with Crippen molar-refractivity contribution in [1.82, 2.24) is 15.1 Å². The van der Waals surface area contributed by atoms with Gasteiger partial charge in [-0.2, -0.15) is 10.5 Å². The highest BCUT2D eigenvalue weighted by Crippen LogP contribution is 2.28. The normalized spacial score (nSPS) is 22.3. The SMILES string of the molecule is COCCN/C(=N\C#N)N1CC2CC(CN(CC(O)COc3ccc(C#N)cc3)C2)C1. The van der Waals surface area contributed by atoms with Crippen molar-refractivity contribution >= 4 is 5.96 Å². The van der Waals surface area contributed by atoms with Gasteiger partial charge in [-0.25, -0.2) is 0 Å². The van der Waals surface area contributed by atoms with Crippen molar-refractivity contribution in [2.45, 2.75) is 12.5 Å². The Hall–Kier alpha value is -2.85. The lowest BCUT2D eigenvalue weighted by atomic mass is 9.84. The topological polar surface area (TPSA) is 117 Å². The monoisotopic (exact) mass is 426 g/mol. The summed E-state index contributed by atoms with van der Waals surface area (Å²) in [5, 5.41) is 31.5. The zero-order valence-electron chi connectivity index (χ0n) is 17.9. The van der Waals surface area contributed by atoms with E-state index in [0.717, 1.165) is 32.6 Å². The third-order valence-corrected chi connectivity index (χ3v) is 5.60. The van der Waals surface area contributed by atoms with E-state index in [1.807, 2.05) is 6.19 Å². The van der Waals surface area contributed by atoms with E-state index in [1.165, 1.54) is 0 Å². The number of nitrogens with one attached hydrogen (secondary N) is 1. The molecule has 1 aromatic carbocycles. The van der Waals surface area contributed by atoms with Gasteiger partial charge in [0.15, 0.2) is 0 Å². The van der Waals surface area contributed by atoms with Crippen molar-refractivity contribution in [2.24, 2.45) is 16.8 Å². The molecule has 2 aliphatic rings. The number of benzene rings is 1. The van der Waals surface area contributed by atoms with Gasteiger partial charge < -0.3 is 24.8 Å². The second-order valence-electron chi connectivity index (χ2n) is 8.15. The van der Waals surface area contributed by atoms with E-state index in [-0.39, 0.29) is 6.61 Å². The number of aliphatic imine (C=N–C) groups is 1. The molecular weight excluding hydrogens is 396 g/mol. The van der Waals surface area contributed by atoms with Crippen LogP contribution in [0.4, 0.5) is 0 Å². The lowest BCUT2D eigenvalue weighted by Gasteiger charge is -2.46. The molecule has 3 rings (SSSR count). The minimum Gasteiger partial charge on any atom is -0.491 e. The summed E-state index contributed by atoms with van der Waals surface area (Å²) in [5.74, 6) is 2.20. The minimum absolute atomic E-state index is 0.215. The molecule has 0 aromatic heterocycles. The molecule has 0 aliphatic carbocycles. The first kappa shape index (κ1) is 22.8. The summed E-state index contributed by atoms with van der Waals surface area (Å²) in [7, 11) is 1.65. The maximum Gasteiger partial charge on any atom is 0.210 e. The van der Waals surface area contributed by atoms with E-state index in [2.05, 4.69) is 26.2 Å². The smallest absolute Gasteiger partial charge is 0.210 e. The van der Waals surface area contributed by atoms with Crippen LogP contribution in [-0.2, 0) is 4.74 Å². The van der Waals surface area contributed by atoms with Crippen LogP contribution in [0, 0.1) is 34.6 Å². The van der Waals surface area contributed by atoms with Crippen molar-refractivity contribution in [2.75, 3.05) is 59.6 Å². The number of ether oxygens (including phenoxy) is 2. The first-order valence-corrected chi connectivity index (χ1v) is 10.6. The zero-order valence-corrected chi connectivity index (χ0v) is 17.9. The minimum atomic E-state index is -0.586. The van der Waals surface area contributed by atoms with Gasteiger partial charge in [0, 0.05) is 46.4 Å². The van der Waals surface area contributed by atoms with Crippen molar-refractivity contribution < 1.29 is 14.6 Å². The van der Waals surface area contributed by atoms with Crippen LogP contribution in [0.15, 0.2) is 29.3 Å². The summed E-state index contributed by atoms with van der Waals surface area (Å²) in [5.41, 5.74) is 0.582. The van der Waals surface area contributed by atoms with Crippen molar-refractivity contribution in [3.05, 3.63) is 29.8 Å². The molecule has 2 aliphatic heterocycles. The number of fused-ring (bicyclic) bond motifs is 2. The molecule has 3 atom stereocenters. The maximum absolute atomic E-state index is 10.5. The second kappa shape index (κ2) is 11.5. The quantitative estimate of drug-likeness (QED) is 0.269. The Morgan fingerprint density at radius 3 is 2.55 bits per heavy atom. The molecule has 31 heavy (non-hydrogen) atoms. The Balaban J connectivity index is 1.46. The average molecular weight is 427 g/mol. The molecule has 2 bridgehead atoms. The van der Waals surface area contributed by atoms with Gasteiger partial charge in [-0.1, -0.05) is 0 Å². The number of nitriles is 2. The molecule has 166 valence electrons. The Morgan fingerprint density at radius 2 is 1.94 bits per heavy atom. The second-order valence-corrected chi connectivity index (χ2v) is 8.15. The predicted octanol–water partition coefficient (Wildman–Crippen LogP) is 0.625. The highest BCUT2D eigenvalue weighted by atomic mass is 16.5. The lowest BCUT2D eigenvalue weighted by molar-refractivity contribution is 0.0140. The fourth-order valence-electron chi connectivity index (χ4n) is 4.41. The van der Waals surface area contributed by atoms with Gasteiger partial charge in [0.25, 0.3) is 0 Å². The van der Waals surface area contributed by atoms with E-state index in [9.17, 15) is 5.11 Å². The number of β-amino-alcohol motifs (C(OH)–C–C–N with tert-alkyl or cyclic N) is 1. The zero-order chi connectivity index (χ0) is 22.1. The number of guanidine groups is 1. The van der Waals surface area contributed by atoms with E-state index in [0.29, 0.717) is 48.8 Å². The summed E-state index contributed by atoms with van der Waals surface area (Å²) in [4.78, 5) is 8.45. The van der Waals surface area contributed by atoms with E-state index < -0.39 is 6.10 Å². The van der Waals surface area contributed by atoms with Crippen molar-refractivity contribution in [3.8, 4) is 18.0 Å². The first-order chi connectivity index (χ1) is 15.1. The molecule has 9 heteroatoms. The first-order valence-electron chi connectivity index (χ1n) is 10.6. The summed E-state index contributed by atoms with van der Waals surface area (Å²) in [6.45, 7) is 5.43. The van der Waals surface area contributed by atoms with Gasteiger partial charge in [-0.3, -0.25) is 4.90 Å². The Kier molecular flexibility index (Phi) is 8.48. The predicted molar refractivity (Wildman–Crippen MR) is 115 cm³/mol. The fraction of sp³-hybridized carbons (Fsp3) is 0.591. The highest BCUT2D eigenvalue weighted by Gasteiger charge is 2.35. The Bertz CT molecular complexity index is 802. The van der Waals surface area contributed by atoms with Crippen LogP contribution in [0.25, 0.3) is 0 Å². The van der Waals surface area contributed by atoms with Crippen molar-refractivity contribution in [1.29, 1.82) is 10.5 Å². The number of aliphatic hydroxyl groups excluding tert-OH is 1. The Morgan fingerprint density at radius 1 is 1.23 bits per heavy atom. The number of aliphatic hydroxyl groups is 1. The van der Waals surface area contributed by atoms with Gasteiger partial charge in [0.05, 0.1) is 18.2 Å². The fourth-order valence-corrected chi connectivity index (χ4v) is 4.41. The van der Waals surface area contributed by atoms with Crippen LogP contribution in [0.1, 0.15) is 12.0 Å². The molecule has 0 radical (unpaired) electrons. The largest absolute Gasteiger partial charge is 0.491 e. The van der Waals surface area contributed by atoms with Gasteiger partial charge in [-0.15, -0.1) is 4.99 Å². The van der Waals surface area contributed by atoms with Crippen LogP contribution in [-0.4, -0.2) is 86.6 Å². The molecule has 0 saturated carbocycles. The van der Waals surface area contributed by atoms with E-state index in [4.69, 9.17) is 20.0 Å². The number of hydrogen-bond acceptors (Lipinski definition) is 7. The number of likely N-dealkylation sites (tertiary alicyclic amines) is 2. The molecule has 3 unspecified atom stereocenters. The number of rotatable bonds is 8. The summed E-state index contributed by atoms with van der Waals surface area (Å²) >= 11 is 0. The van der Waals surface area contributed by atoms with Gasteiger partial charge in [0.2, 0.25) is 12.2 Å². The molecule has 2 N–H and O–H groups in total. The summed E-state index contributed by atoms with van der Waals surface area (Å²) < 4.78 is 10.7. The summed E-state index contributed by atoms with van der Waals surface area (Å²) in [6.07, 6.45) is 2.47. The number of hydrogen-bond donors (Lipinski definition) is 2. The van der Waals surface area contributed by atoms with Crippen LogP contribution in [0.3, 0.4) is 0 Å². The van der Waals surface area contributed by atoms with Crippen LogP contribution in [0.2, 0.25) is 0 Å². The number of nitrogens with zero attached hydrogens (tertiary/aromatic N) is 5. The third kappa shape index (κ3) is 6.83. The number of piperidine rings is 2. The van der Waals surface area contributed by atoms with Gasteiger partial charge in [-0.05, 0) is 42.5 Å². The summed E-state index contributed by atoms with van der Waals surface area (Å²) in [6, 6.07) is 8.96. The molecule has 2 heterocycles. The van der Waals surface area contributed by atoms with Crippen molar-refractivity contribution in [3.63, 3.8) is 0 Å². The standard InChI is InChI=1S/C22H30N6O3/c1-30-7-6-25-22(26-16-24)28-12-18-8-19(13-28)11-27(10-18)14-20(29)15-31-21-4-2-17(9-23)3-5-21/h2-5,18-20,29H,6-8,10-15H2,1H3,(H,25,26). The van der Waals surface area contributed by atoms with Crippen LogP contribution in [0.5, 0.6) is 5.75 Å². The molecule has 0 spiro atoms. The molecule has 1 aromatic rings. The molecule has 2 fully saturated rings. The van der Waals surface area contributed by atoms with Gasteiger partial charge >= 0.3 is 0 Å². The van der Waals surface area contributed by atoms with E-state index >= 15 is 0 Å². The number of methoxy groups -OCH3 is 1. The van der Waals surface area contributed by atoms with Crippen LogP contribution >= 0.6 is 0 Å². The van der Waals surface area contributed by atoms with Gasteiger partial charge in [0.1, 0.15) is 18.5 Å². The lowest BCUT2D eigenvalue weighted by Crippen LogP contribution is -2.57. The molecular formula is C22H30N6O3. The maximum atomic E-state index is 10.5. The third-order valence-electron chi connectivity index (χ3n) is 5.60. The van der Waals surface area contributed by atoms with E-state index in [1.54, 1.807) is 31.4 Å². The highest BCUT2D eigenvalue weighted by molar-refractivity contribution is 5.81. The Labute approximate surface area is 183 Å². The molecule has 0 amide bonds. The average Bonchev–Trinajstić information content (AvgIpc) is 2.77. The van der Waals surface area contributed by atoms with Crippen LogP contribution < -0.4 is 10.1 Å².